The second kappa shape index (κ2) is 8.97. The summed E-state index contributed by atoms with van der Waals surface area (Å²) in [4.78, 5) is 29.4. The Morgan fingerprint density at radius 2 is 1.86 bits per heavy atom. The number of aryl methyl sites for hydroxylation is 1. The topological polar surface area (TPSA) is 100 Å². The largest absolute Gasteiger partial charge is 0.368 e. The van der Waals surface area contributed by atoms with Gasteiger partial charge in [0.05, 0.1) is 6.54 Å². The molecule has 2 aromatic rings. The van der Waals surface area contributed by atoms with Crippen molar-refractivity contribution in [2.24, 2.45) is 5.92 Å². The van der Waals surface area contributed by atoms with Gasteiger partial charge in [0.2, 0.25) is 17.8 Å². The number of aromatic nitrogens is 3. The standard InChI is InChI=1S/C20H29N7O/c1-4-15-7-5-6-8-16(15)22-20-24-17(23-19(21)25-20)13-26-9-11-27(12-10-26)18(28)14(2)3/h5-8,14H,4,9-13H2,1-3H3,(H3,21,22,23,24,25). The SMILES string of the molecule is CCc1ccccc1Nc1nc(N)nc(CN2CCN(C(=O)C(C)C)CC2)n1. The fourth-order valence-electron chi connectivity index (χ4n) is 3.33. The maximum absolute atomic E-state index is 12.1. The molecule has 28 heavy (non-hydrogen) atoms. The minimum absolute atomic E-state index is 0.0366. The molecule has 0 spiro atoms. The number of carbonyl (C=O) groups excluding carboxylic acids is 1. The van der Waals surface area contributed by atoms with Crippen LogP contribution in [0.25, 0.3) is 0 Å². The number of nitrogens with one attached hydrogen (secondary N) is 1. The zero-order chi connectivity index (χ0) is 20.1. The summed E-state index contributed by atoms with van der Waals surface area (Å²) in [5.74, 6) is 1.54. The number of hydrogen-bond donors (Lipinski definition) is 2. The number of amides is 1. The quantitative estimate of drug-likeness (QED) is 0.787. The third-order valence-electron chi connectivity index (χ3n) is 4.89. The Morgan fingerprint density at radius 3 is 2.54 bits per heavy atom. The molecule has 1 aliphatic heterocycles. The fraction of sp³-hybridized carbons (Fsp3) is 0.500. The number of hydrogen-bond acceptors (Lipinski definition) is 7. The molecule has 0 bridgehead atoms. The van der Waals surface area contributed by atoms with Gasteiger partial charge in [-0.15, -0.1) is 0 Å². The van der Waals surface area contributed by atoms with Gasteiger partial charge in [-0.25, -0.2) is 0 Å². The molecule has 0 atom stereocenters. The summed E-state index contributed by atoms with van der Waals surface area (Å²) in [5.41, 5.74) is 8.07. The molecule has 3 rings (SSSR count). The number of carbonyl (C=O) groups is 1. The van der Waals surface area contributed by atoms with Gasteiger partial charge in [0.25, 0.3) is 0 Å². The van der Waals surface area contributed by atoms with E-state index in [0.717, 1.165) is 38.3 Å². The van der Waals surface area contributed by atoms with Crippen molar-refractivity contribution in [3.05, 3.63) is 35.7 Å². The van der Waals surface area contributed by atoms with Crippen LogP contribution in [0.4, 0.5) is 17.6 Å². The van der Waals surface area contributed by atoms with Gasteiger partial charge >= 0.3 is 0 Å². The van der Waals surface area contributed by atoms with Crippen LogP contribution in [0.3, 0.4) is 0 Å². The van der Waals surface area contributed by atoms with Crippen LogP contribution >= 0.6 is 0 Å². The monoisotopic (exact) mass is 383 g/mol. The number of nitrogen functional groups attached to an aromatic ring is 1. The van der Waals surface area contributed by atoms with E-state index in [0.29, 0.717) is 18.3 Å². The molecule has 0 aliphatic carbocycles. The molecule has 8 heteroatoms. The van der Waals surface area contributed by atoms with Crippen molar-refractivity contribution < 1.29 is 4.79 Å². The molecule has 1 amide bonds. The maximum Gasteiger partial charge on any atom is 0.232 e. The van der Waals surface area contributed by atoms with Crippen LogP contribution in [0.2, 0.25) is 0 Å². The number of nitrogens with two attached hydrogens (primary N) is 1. The number of rotatable bonds is 6. The summed E-state index contributed by atoms with van der Waals surface area (Å²) < 4.78 is 0. The first-order valence-corrected chi connectivity index (χ1v) is 9.82. The maximum atomic E-state index is 12.1. The molecule has 0 radical (unpaired) electrons. The van der Waals surface area contributed by atoms with Gasteiger partial charge in [0.15, 0.2) is 0 Å². The van der Waals surface area contributed by atoms with E-state index in [4.69, 9.17) is 5.73 Å². The van der Waals surface area contributed by atoms with Gasteiger partial charge < -0.3 is 16.0 Å². The molecule has 1 fully saturated rings. The summed E-state index contributed by atoms with van der Waals surface area (Å²) in [7, 11) is 0. The summed E-state index contributed by atoms with van der Waals surface area (Å²) in [5, 5.41) is 3.26. The van der Waals surface area contributed by atoms with E-state index in [1.807, 2.05) is 36.9 Å². The predicted molar refractivity (Wildman–Crippen MR) is 110 cm³/mol. The van der Waals surface area contributed by atoms with Crippen LogP contribution in [0.5, 0.6) is 0 Å². The van der Waals surface area contributed by atoms with Crippen LogP contribution in [-0.2, 0) is 17.8 Å². The van der Waals surface area contributed by atoms with Gasteiger partial charge in [0, 0.05) is 37.8 Å². The lowest BCUT2D eigenvalue weighted by Crippen LogP contribution is -2.49. The van der Waals surface area contributed by atoms with E-state index in [1.54, 1.807) is 0 Å². The zero-order valence-electron chi connectivity index (χ0n) is 16.9. The van der Waals surface area contributed by atoms with Gasteiger partial charge in [-0.05, 0) is 18.1 Å². The van der Waals surface area contributed by atoms with E-state index < -0.39 is 0 Å². The molecule has 0 unspecified atom stereocenters. The van der Waals surface area contributed by atoms with Crippen molar-refractivity contribution in [2.45, 2.75) is 33.7 Å². The Bertz CT molecular complexity index is 816. The molecule has 2 heterocycles. The van der Waals surface area contributed by atoms with Crippen molar-refractivity contribution in [3.63, 3.8) is 0 Å². The fourth-order valence-corrected chi connectivity index (χ4v) is 3.33. The molecule has 0 saturated carbocycles. The smallest absolute Gasteiger partial charge is 0.232 e. The Morgan fingerprint density at radius 1 is 1.14 bits per heavy atom. The van der Waals surface area contributed by atoms with Crippen LogP contribution < -0.4 is 11.1 Å². The zero-order valence-corrected chi connectivity index (χ0v) is 16.9. The molecule has 150 valence electrons. The number of para-hydroxylation sites is 1. The molecule has 1 aliphatic rings. The summed E-state index contributed by atoms with van der Waals surface area (Å²) >= 11 is 0. The van der Waals surface area contributed by atoms with E-state index in [-0.39, 0.29) is 17.8 Å². The molecular formula is C20H29N7O. The highest BCUT2D eigenvalue weighted by Gasteiger charge is 2.23. The van der Waals surface area contributed by atoms with Crippen LogP contribution in [0.1, 0.15) is 32.2 Å². The Hall–Kier alpha value is -2.74. The molecule has 1 aromatic carbocycles. The van der Waals surface area contributed by atoms with Crippen molar-refractivity contribution in [1.29, 1.82) is 0 Å². The van der Waals surface area contributed by atoms with Crippen molar-refractivity contribution in [2.75, 3.05) is 37.2 Å². The molecule has 1 saturated heterocycles. The lowest BCUT2D eigenvalue weighted by atomic mass is 10.1. The van der Waals surface area contributed by atoms with Crippen LogP contribution in [0.15, 0.2) is 24.3 Å². The van der Waals surface area contributed by atoms with Crippen LogP contribution in [-0.4, -0.2) is 56.8 Å². The second-order valence-electron chi connectivity index (χ2n) is 7.33. The van der Waals surface area contributed by atoms with Gasteiger partial charge in [-0.3, -0.25) is 9.69 Å². The normalized spacial score (nSPS) is 15.1. The lowest BCUT2D eigenvalue weighted by molar-refractivity contribution is -0.136. The molecule has 8 nitrogen and oxygen atoms in total. The first-order chi connectivity index (χ1) is 13.5. The molecule has 3 N–H and O–H groups in total. The van der Waals surface area contributed by atoms with Gasteiger partial charge in [-0.1, -0.05) is 39.0 Å². The van der Waals surface area contributed by atoms with E-state index >= 15 is 0 Å². The average molecular weight is 384 g/mol. The minimum Gasteiger partial charge on any atom is -0.368 e. The Kier molecular flexibility index (Phi) is 6.41. The van der Waals surface area contributed by atoms with Gasteiger partial charge in [0.1, 0.15) is 5.82 Å². The van der Waals surface area contributed by atoms with Crippen LogP contribution in [0, 0.1) is 5.92 Å². The Labute approximate surface area is 166 Å². The highest BCUT2D eigenvalue weighted by atomic mass is 16.2. The third kappa shape index (κ3) is 4.95. The summed E-state index contributed by atoms with van der Waals surface area (Å²) in [6.45, 7) is 9.62. The van der Waals surface area contributed by atoms with E-state index in [1.165, 1.54) is 5.56 Å². The van der Waals surface area contributed by atoms with Gasteiger partial charge in [-0.2, -0.15) is 15.0 Å². The number of piperazine rings is 1. The van der Waals surface area contributed by atoms with E-state index in [2.05, 4.69) is 38.2 Å². The lowest BCUT2D eigenvalue weighted by Gasteiger charge is -2.35. The second-order valence-corrected chi connectivity index (χ2v) is 7.33. The van der Waals surface area contributed by atoms with E-state index in [9.17, 15) is 4.79 Å². The van der Waals surface area contributed by atoms with Crippen molar-refractivity contribution in [3.8, 4) is 0 Å². The van der Waals surface area contributed by atoms with Crippen molar-refractivity contribution >= 4 is 23.5 Å². The molecular weight excluding hydrogens is 354 g/mol. The predicted octanol–water partition coefficient (Wildman–Crippen LogP) is 2.06. The first-order valence-electron chi connectivity index (χ1n) is 9.82. The Balaban J connectivity index is 1.65. The minimum atomic E-state index is 0.0366. The summed E-state index contributed by atoms with van der Waals surface area (Å²) in [6.07, 6.45) is 0.913. The number of benzene rings is 1. The highest BCUT2D eigenvalue weighted by molar-refractivity contribution is 5.78. The molecule has 1 aromatic heterocycles. The third-order valence-corrected chi connectivity index (χ3v) is 4.89. The number of nitrogens with zero attached hydrogens (tertiary/aromatic N) is 5. The summed E-state index contributed by atoms with van der Waals surface area (Å²) in [6, 6.07) is 8.07. The van der Waals surface area contributed by atoms with Crippen molar-refractivity contribution in [1.82, 2.24) is 24.8 Å². The average Bonchev–Trinajstić information content (AvgIpc) is 2.68. The highest BCUT2D eigenvalue weighted by Crippen LogP contribution is 2.19. The first kappa shape index (κ1) is 20.0. The number of anilines is 3.